The first-order chi connectivity index (χ1) is 7.25. The van der Waals surface area contributed by atoms with E-state index in [1.54, 1.807) is 18.2 Å². The molecular weight excluding hydrogens is 263 g/mol. The average Bonchev–Trinajstić information content (AvgIpc) is 2.25. The summed E-state index contributed by atoms with van der Waals surface area (Å²) in [6, 6.07) is 7.71. The van der Waals surface area contributed by atoms with Crippen LogP contribution in [0.15, 0.2) is 41.0 Å². The van der Waals surface area contributed by atoms with Gasteiger partial charge in [0.05, 0.1) is 0 Å². The van der Waals surface area contributed by atoms with Crippen LogP contribution in [-0.4, -0.2) is 10.2 Å². The van der Waals surface area contributed by atoms with E-state index in [4.69, 9.17) is 4.74 Å². The van der Waals surface area contributed by atoms with Crippen molar-refractivity contribution < 1.29 is 9.13 Å². The van der Waals surface area contributed by atoms with Crippen molar-refractivity contribution in [3.05, 3.63) is 46.8 Å². The predicted molar refractivity (Wildman–Crippen MR) is 56.2 cm³/mol. The quantitative estimate of drug-likeness (QED) is 0.839. The van der Waals surface area contributed by atoms with Crippen molar-refractivity contribution in [1.29, 1.82) is 0 Å². The summed E-state index contributed by atoms with van der Waals surface area (Å²) in [5.41, 5.74) is 0. The minimum atomic E-state index is -0.441. The number of halogens is 2. The first-order valence-electron chi connectivity index (χ1n) is 4.16. The Morgan fingerprint density at radius 2 is 2.13 bits per heavy atom. The zero-order valence-corrected chi connectivity index (χ0v) is 9.11. The van der Waals surface area contributed by atoms with E-state index in [2.05, 4.69) is 26.1 Å². The van der Waals surface area contributed by atoms with Crippen LogP contribution in [-0.2, 0) is 0 Å². The summed E-state index contributed by atoms with van der Waals surface area (Å²) in [6.07, 6.45) is 1.52. The van der Waals surface area contributed by atoms with Crippen molar-refractivity contribution in [2.24, 2.45) is 0 Å². The Balaban J connectivity index is 2.28. The molecule has 0 amide bonds. The molecule has 2 aromatic rings. The maximum absolute atomic E-state index is 13.3. The number of rotatable bonds is 2. The van der Waals surface area contributed by atoms with Crippen LogP contribution < -0.4 is 4.74 Å². The fourth-order valence-electron chi connectivity index (χ4n) is 1.01. The first kappa shape index (κ1) is 10.0. The van der Waals surface area contributed by atoms with E-state index in [0.717, 1.165) is 4.47 Å². The van der Waals surface area contributed by atoms with E-state index in [-0.39, 0.29) is 11.6 Å². The zero-order valence-electron chi connectivity index (χ0n) is 7.52. The Labute approximate surface area is 94.0 Å². The lowest BCUT2D eigenvalue weighted by atomic mass is 10.3. The maximum atomic E-state index is 13.3. The molecule has 0 N–H and O–H groups in total. The lowest BCUT2D eigenvalue weighted by Crippen LogP contribution is -1.91. The van der Waals surface area contributed by atoms with Crippen molar-refractivity contribution in [1.82, 2.24) is 10.2 Å². The molecule has 76 valence electrons. The van der Waals surface area contributed by atoms with Gasteiger partial charge in [0.25, 0.3) is 0 Å². The summed E-state index contributed by atoms with van der Waals surface area (Å²) in [7, 11) is 0. The van der Waals surface area contributed by atoms with Crippen LogP contribution in [0, 0.1) is 5.82 Å². The molecule has 0 unspecified atom stereocenters. The molecule has 1 heterocycles. The first-order valence-corrected chi connectivity index (χ1v) is 4.95. The molecule has 1 aromatic heterocycles. The molecule has 2 rings (SSSR count). The standard InChI is InChI=1S/C10H6BrFN2O/c11-7-3-4-8(12)9(6-7)15-10-2-1-5-13-14-10/h1-6H. The van der Waals surface area contributed by atoms with E-state index < -0.39 is 5.82 Å². The predicted octanol–water partition coefficient (Wildman–Crippen LogP) is 3.17. The van der Waals surface area contributed by atoms with Gasteiger partial charge in [-0.05, 0) is 24.3 Å². The molecule has 0 saturated heterocycles. The minimum Gasteiger partial charge on any atom is -0.434 e. The van der Waals surface area contributed by atoms with Gasteiger partial charge in [-0.25, -0.2) is 4.39 Å². The number of hydrogen-bond acceptors (Lipinski definition) is 3. The SMILES string of the molecule is Fc1ccc(Br)cc1Oc1cccnn1. The molecule has 1 aromatic carbocycles. The Bertz CT molecular complexity index is 464. The van der Waals surface area contributed by atoms with Gasteiger partial charge in [0.15, 0.2) is 11.6 Å². The Hall–Kier alpha value is -1.49. The number of benzene rings is 1. The van der Waals surface area contributed by atoms with Gasteiger partial charge in [-0.1, -0.05) is 15.9 Å². The van der Waals surface area contributed by atoms with Crippen LogP contribution in [0.25, 0.3) is 0 Å². The molecule has 0 bridgehead atoms. The van der Waals surface area contributed by atoms with Crippen molar-refractivity contribution >= 4 is 15.9 Å². The summed E-state index contributed by atoms with van der Waals surface area (Å²) < 4.78 is 19.2. The molecule has 0 radical (unpaired) electrons. The van der Waals surface area contributed by atoms with Crippen molar-refractivity contribution in [3.8, 4) is 11.6 Å². The largest absolute Gasteiger partial charge is 0.434 e. The van der Waals surface area contributed by atoms with Crippen molar-refractivity contribution in [2.75, 3.05) is 0 Å². The van der Waals surface area contributed by atoms with Crippen molar-refractivity contribution in [2.45, 2.75) is 0 Å². The van der Waals surface area contributed by atoms with Gasteiger partial charge in [0, 0.05) is 16.7 Å². The highest BCUT2D eigenvalue weighted by Gasteiger charge is 2.05. The fourth-order valence-corrected chi connectivity index (χ4v) is 1.35. The summed E-state index contributed by atoms with van der Waals surface area (Å²) in [6.45, 7) is 0. The number of ether oxygens (including phenoxy) is 1. The normalized spacial score (nSPS) is 10.0. The third-order valence-electron chi connectivity index (χ3n) is 1.66. The number of nitrogens with zero attached hydrogens (tertiary/aromatic N) is 2. The summed E-state index contributed by atoms with van der Waals surface area (Å²) >= 11 is 3.23. The number of hydrogen-bond donors (Lipinski definition) is 0. The molecule has 0 aliphatic heterocycles. The topological polar surface area (TPSA) is 35.0 Å². The monoisotopic (exact) mass is 268 g/mol. The van der Waals surface area contributed by atoms with Gasteiger partial charge in [-0.3, -0.25) is 0 Å². The average molecular weight is 269 g/mol. The summed E-state index contributed by atoms with van der Waals surface area (Å²) in [4.78, 5) is 0. The van der Waals surface area contributed by atoms with Crippen LogP contribution in [0.2, 0.25) is 0 Å². The summed E-state index contributed by atoms with van der Waals surface area (Å²) in [5.74, 6) is -0.0665. The van der Waals surface area contributed by atoms with Crippen LogP contribution in [0.1, 0.15) is 0 Å². The molecule has 0 saturated carbocycles. The van der Waals surface area contributed by atoms with E-state index >= 15 is 0 Å². The van der Waals surface area contributed by atoms with Crippen LogP contribution in [0.5, 0.6) is 11.6 Å². The third-order valence-corrected chi connectivity index (χ3v) is 2.15. The van der Waals surface area contributed by atoms with E-state index in [0.29, 0.717) is 0 Å². The highest BCUT2D eigenvalue weighted by Crippen LogP contribution is 2.25. The molecule has 15 heavy (non-hydrogen) atoms. The van der Waals surface area contributed by atoms with Gasteiger partial charge in [-0.2, -0.15) is 5.10 Å². The molecule has 0 aliphatic carbocycles. The van der Waals surface area contributed by atoms with Gasteiger partial charge < -0.3 is 4.74 Å². The van der Waals surface area contributed by atoms with E-state index in [1.165, 1.54) is 18.3 Å². The second-order valence-corrected chi connectivity index (χ2v) is 3.65. The molecule has 0 fully saturated rings. The second kappa shape index (κ2) is 4.35. The third kappa shape index (κ3) is 2.50. The maximum Gasteiger partial charge on any atom is 0.238 e. The highest BCUT2D eigenvalue weighted by molar-refractivity contribution is 9.10. The fraction of sp³-hybridized carbons (Fsp3) is 0. The van der Waals surface area contributed by atoms with E-state index in [1.807, 2.05) is 0 Å². The van der Waals surface area contributed by atoms with Gasteiger partial charge >= 0.3 is 0 Å². The second-order valence-electron chi connectivity index (χ2n) is 2.74. The highest BCUT2D eigenvalue weighted by atomic mass is 79.9. The lowest BCUT2D eigenvalue weighted by Gasteiger charge is -2.04. The van der Waals surface area contributed by atoms with Crippen LogP contribution in [0.4, 0.5) is 4.39 Å². The molecule has 0 atom stereocenters. The van der Waals surface area contributed by atoms with E-state index in [9.17, 15) is 4.39 Å². The van der Waals surface area contributed by atoms with Crippen LogP contribution >= 0.6 is 15.9 Å². The molecule has 0 aliphatic rings. The molecule has 5 heteroatoms. The van der Waals surface area contributed by atoms with Gasteiger partial charge in [-0.15, -0.1) is 5.10 Å². The summed E-state index contributed by atoms with van der Waals surface area (Å²) in [5, 5.41) is 7.31. The molecule has 3 nitrogen and oxygen atoms in total. The smallest absolute Gasteiger partial charge is 0.238 e. The van der Waals surface area contributed by atoms with Gasteiger partial charge in [0.1, 0.15) is 0 Å². The minimum absolute atomic E-state index is 0.116. The molecular formula is C10H6BrFN2O. The lowest BCUT2D eigenvalue weighted by molar-refractivity contribution is 0.421. The zero-order chi connectivity index (χ0) is 10.7. The Morgan fingerprint density at radius 1 is 1.27 bits per heavy atom. The number of aromatic nitrogens is 2. The van der Waals surface area contributed by atoms with Crippen LogP contribution in [0.3, 0.4) is 0 Å². The Kier molecular flexibility index (Phi) is 2.91. The van der Waals surface area contributed by atoms with Crippen molar-refractivity contribution in [3.63, 3.8) is 0 Å². The van der Waals surface area contributed by atoms with Gasteiger partial charge in [0.2, 0.25) is 5.88 Å². The molecule has 0 spiro atoms. The Morgan fingerprint density at radius 3 is 2.87 bits per heavy atom.